The quantitative estimate of drug-likeness (QED) is 0.369. The second kappa shape index (κ2) is 6.99. The monoisotopic (exact) mass is 514 g/mol. The zero-order valence-electron chi connectivity index (χ0n) is 18.6. The van der Waals surface area contributed by atoms with Gasteiger partial charge in [0.2, 0.25) is 0 Å². The number of rotatable bonds is 7. The first-order chi connectivity index (χ1) is 17.2. The van der Waals surface area contributed by atoms with Crippen molar-refractivity contribution in [1.82, 2.24) is 25.1 Å². The summed E-state index contributed by atoms with van der Waals surface area (Å²) in [6.45, 7) is 1.57. The van der Waals surface area contributed by atoms with Crippen molar-refractivity contribution >= 4 is 34.6 Å². The molecule has 0 radical (unpaired) electrons. The molecule has 2 aliphatic heterocycles. The summed E-state index contributed by atoms with van der Waals surface area (Å²) in [7, 11) is 0. The molecule has 184 valence electrons. The third-order valence-corrected chi connectivity index (χ3v) is 8.67. The Bertz CT molecular complexity index is 1490. The second-order valence-electron chi connectivity index (χ2n) is 9.70. The van der Waals surface area contributed by atoms with Crippen molar-refractivity contribution in [3.05, 3.63) is 56.8 Å². The number of alkyl halides is 2. The summed E-state index contributed by atoms with van der Waals surface area (Å²) in [4.78, 5) is 43.1. The van der Waals surface area contributed by atoms with Gasteiger partial charge in [0.1, 0.15) is 21.9 Å². The highest BCUT2D eigenvalue weighted by Crippen LogP contribution is 2.86. The molecule has 36 heavy (non-hydrogen) atoms. The van der Waals surface area contributed by atoms with Crippen LogP contribution in [-0.4, -0.2) is 37.3 Å². The number of carbonyl (C=O) groups excluding carboxylic acids is 3. The number of Topliss-reactive ketones (excluding diaryl/α,β-unsaturated/α-hetero) is 1. The molecule has 3 aromatic rings. The Morgan fingerprint density at radius 1 is 1.25 bits per heavy atom. The Hall–Kier alpha value is -3.61. The maximum Gasteiger partial charge on any atom is 0.293 e. The minimum Gasteiger partial charge on any atom is -0.337 e. The molecule has 2 atom stereocenters. The highest BCUT2D eigenvalue weighted by Gasteiger charge is 2.81. The first kappa shape index (κ1) is 21.7. The van der Waals surface area contributed by atoms with Gasteiger partial charge in [-0.2, -0.15) is 0 Å². The summed E-state index contributed by atoms with van der Waals surface area (Å²) in [5.74, 6) is -2.80. The van der Waals surface area contributed by atoms with E-state index in [1.165, 1.54) is 11.3 Å². The van der Waals surface area contributed by atoms with Gasteiger partial charge in [0.15, 0.2) is 5.82 Å². The molecular weight excluding hydrogens is 497 g/mol. The molecule has 2 amide bonds. The van der Waals surface area contributed by atoms with Gasteiger partial charge >= 0.3 is 0 Å². The molecule has 3 aliphatic carbocycles. The third-order valence-electron chi connectivity index (χ3n) is 7.77. The molecule has 3 aromatic heterocycles. The molecule has 5 heterocycles. The third kappa shape index (κ3) is 2.77. The van der Waals surface area contributed by atoms with Gasteiger partial charge in [-0.3, -0.25) is 19.4 Å². The van der Waals surface area contributed by atoms with Crippen molar-refractivity contribution in [3.63, 3.8) is 0 Å². The number of pyridine rings is 1. The number of nitrogens with zero attached hydrogens (tertiary/aromatic N) is 4. The predicted octanol–water partition coefficient (Wildman–Crippen LogP) is 3.26. The number of hydrogen-bond donors (Lipinski definition) is 2. The average molecular weight is 514 g/mol. The standard InChI is InChI=1S/C23H17F3N6O3S/c1-7-9(18(33)21(35)30-23(3-4-23)22-31-28-6-36-22)16-10-11-12(10)17(11)32(16)15(7)20(34)29-8-2-5-27-14(13(8)24)19(25)26/h2,5-6,10-12,17,19H,3-4H2,1H3,(H,30,35)(H,27,29,34). The summed E-state index contributed by atoms with van der Waals surface area (Å²) in [6, 6.07) is 1.15. The summed E-state index contributed by atoms with van der Waals surface area (Å²) in [5, 5.41) is 13.6. The van der Waals surface area contributed by atoms with Gasteiger partial charge in [-0.15, -0.1) is 21.5 Å². The van der Waals surface area contributed by atoms with Gasteiger partial charge in [-0.25, -0.2) is 13.2 Å². The number of aromatic nitrogens is 4. The number of hydrogen-bond acceptors (Lipinski definition) is 7. The first-order valence-electron chi connectivity index (χ1n) is 11.4. The highest BCUT2D eigenvalue weighted by molar-refractivity contribution is 7.09. The van der Waals surface area contributed by atoms with Crippen molar-refractivity contribution < 1.29 is 27.6 Å². The van der Waals surface area contributed by atoms with Crippen LogP contribution >= 0.6 is 11.3 Å². The largest absolute Gasteiger partial charge is 0.337 e. The minimum atomic E-state index is -3.14. The highest BCUT2D eigenvalue weighted by atomic mass is 32.1. The maximum atomic E-state index is 14.5. The number of amides is 2. The molecule has 13 heteroatoms. The number of halogens is 3. The molecule has 8 rings (SSSR count). The normalized spacial score (nSPS) is 25.2. The van der Waals surface area contributed by atoms with Gasteiger partial charge in [-0.05, 0) is 43.2 Å². The van der Waals surface area contributed by atoms with E-state index in [9.17, 15) is 27.6 Å². The fraction of sp³-hybridized carbons (Fsp3) is 0.391. The average Bonchev–Trinajstić information content (AvgIpc) is 3.75. The minimum absolute atomic E-state index is 0.0594. The fourth-order valence-electron chi connectivity index (χ4n) is 5.80. The SMILES string of the molecule is Cc1c(C(=O)C(=O)NC2(c3nncs3)CC2)c2n(c1C(=O)Nc1ccnc(C(F)F)c1F)C1C3C2C31. The van der Waals surface area contributed by atoms with E-state index in [0.29, 0.717) is 40.9 Å². The molecule has 3 saturated carbocycles. The zero-order chi connectivity index (χ0) is 25.1. The Labute approximate surface area is 205 Å². The molecule has 0 spiro atoms. The first-order valence-corrected chi connectivity index (χ1v) is 12.2. The van der Waals surface area contributed by atoms with E-state index in [-0.39, 0.29) is 23.2 Å². The lowest BCUT2D eigenvalue weighted by Crippen LogP contribution is -2.39. The summed E-state index contributed by atoms with van der Waals surface area (Å²) in [6.07, 6.45) is -0.861. The topological polar surface area (TPSA) is 119 Å². The van der Waals surface area contributed by atoms with E-state index < -0.39 is 46.8 Å². The Kier molecular flexibility index (Phi) is 4.21. The van der Waals surface area contributed by atoms with E-state index in [2.05, 4.69) is 25.8 Å². The molecule has 9 nitrogen and oxygen atoms in total. The zero-order valence-corrected chi connectivity index (χ0v) is 19.4. The molecule has 2 N–H and O–H groups in total. The lowest BCUT2D eigenvalue weighted by atomic mass is 9.99. The van der Waals surface area contributed by atoms with Gasteiger partial charge < -0.3 is 15.2 Å². The summed E-state index contributed by atoms with van der Waals surface area (Å²) >= 11 is 1.30. The van der Waals surface area contributed by atoms with E-state index in [1.54, 1.807) is 17.0 Å². The smallest absolute Gasteiger partial charge is 0.293 e. The van der Waals surface area contributed by atoms with Crippen LogP contribution in [0.3, 0.4) is 0 Å². The molecule has 3 fully saturated rings. The molecule has 0 saturated heterocycles. The van der Waals surface area contributed by atoms with Crippen molar-refractivity contribution in [2.45, 2.75) is 43.7 Å². The Morgan fingerprint density at radius 2 is 2.00 bits per heavy atom. The van der Waals surface area contributed by atoms with Crippen LogP contribution in [0.15, 0.2) is 17.8 Å². The van der Waals surface area contributed by atoms with Crippen LogP contribution < -0.4 is 10.6 Å². The summed E-state index contributed by atoms with van der Waals surface area (Å²) < 4.78 is 42.4. The van der Waals surface area contributed by atoms with Crippen molar-refractivity contribution in [2.24, 2.45) is 11.8 Å². The molecular formula is C23H17F3N6O3S. The van der Waals surface area contributed by atoms with Crippen LogP contribution in [-0.2, 0) is 10.3 Å². The van der Waals surface area contributed by atoms with Gasteiger partial charge in [-0.1, -0.05) is 0 Å². The van der Waals surface area contributed by atoms with Gasteiger partial charge in [0.05, 0.1) is 16.8 Å². The van der Waals surface area contributed by atoms with Crippen molar-refractivity contribution in [3.8, 4) is 0 Å². The molecule has 0 aromatic carbocycles. The van der Waals surface area contributed by atoms with E-state index in [4.69, 9.17) is 0 Å². The Balaban J connectivity index is 1.21. The number of carbonyl (C=O) groups is 3. The van der Waals surface area contributed by atoms with Crippen molar-refractivity contribution in [2.75, 3.05) is 5.32 Å². The number of nitrogens with one attached hydrogen (secondary N) is 2. The van der Waals surface area contributed by atoms with Crippen LogP contribution in [0.4, 0.5) is 18.9 Å². The fourth-order valence-corrected chi connectivity index (χ4v) is 6.57. The van der Waals surface area contributed by atoms with Crippen LogP contribution in [0.25, 0.3) is 0 Å². The van der Waals surface area contributed by atoms with Crippen LogP contribution in [0.1, 0.15) is 74.0 Å². The van der Waals surface area contributed by atoms with E-state index in [0.717, 1.165) is 12.3 Å². The Morgan fingerprint density at radius 3 is 2.64 bits per heavy atom. The van der Waals surface area contributed by atoms with Crippen LogP contribution in [0.2, 0.25) is 0 Å². The predicted molar refractivity (Wildman–Crippen MR) is 118 cm³/mol. The van der Waals surface area contributed by atoms with Crippen LogP contribution in [0, 0.1) is 24.6 Å². The lowest BCUT2D eigenvalue weighted by molar-refractivity contribution is -0.118. The van der Waals surface area contributed by atoms with Crippen molar-refractivity contribution in [1.29, 1.82) is 0 Å². The second-order valence-corrected chi connectivity index (χ2v) is 10.5. The molecule has 2 bridgehead atoms. The van der Waals surface area contributed by atoms with Gasteiger partial charge in [0.25, 0.3) is 24.0 Å². The number of anilines is 1. The van der Waals surface area contributed by atoms with E-state index >= 15 is 0 Å². The number of ketones is 1. The van der Waals surface area contributed by atoms with E-state index in [1.807, 2.05) is 0 Å². The maximum absolute atomic E-state index is 14.5. The molecule has 5 aliphatic rings. The molecule has 2 unspecified atom stereocenters. The lowest BCUT2D eigenvalue weighted by Gasteiger charge is -2.14. The van der Waals surface area contributed by atoms with Gasteiger partial charge in [0, 0.05) is 23.9 Å². The van der Waals surface area contributed by atoms with Crippen LogP contribution in [0.5, 0.6) is 0 Å². The summed E-state index contributed by atoms with van der Waals surface area (Å²) in [5.41, 5.74) is 0.656.